The summed E-state index contributed by atoms with van der Waals surface area (Å²) in [6.07, 6.45) is -4.50. The van der Waals surface area contributed by atoms with Crippen molar-refractivity contribution in [2.24, 2.45) is 0 Å². The molecule has 1 aliphatic rings. The predicted octanol–water partition coefficient (Wildman–Crippen LogP) is 3.69. The van der Waals surface area contributed by atoms with E-state index in [1.165, 1.54) is 6.07 Å². The van der Waals surface area contributed by atoms with Crippen molar-refractivity contribution in [2.75, 3.05) is 36.5 Å². The van der Waals surface area contributed by atoms with Gasteiger partial charge in [-0.3, -0.25) is 0 Å². The molecule has 1 saturated heterocycles. The smallest absolute Gasteiger partial charge is 0.378 e. The molecule has 0 radical (unpaired) electrons. The maximum atomic E-state index is 12.5. The number of benzene rings is 1. The number of ether oxygens (including phenoxy) is 1. The fourth-order valence-corrected chi connectivity index (χ4v) is 3.63. The van der Waals surface area contributed by atoms with Gasteiger partial charge in [0.15, 0.2) is 16.6 Å². The van der Waals surface area contributed by atoms with Crippen LogP contribution in [0.25, 0.3) is 10.2 Å². The molecule has 1 aromatic carbocycles. The van der Waals surface area contributed by atoms with Crippen molar-refractivity contribution in [2.45, 2.75) is 6.18 Å². The standard InChI is InChI=1S/C16H14F3N5OS/c17-16(18,19)13-3-4-14(23-22-13)20-10-1-2-11-12(9-10)26-15(21-11)24-5-7-25-8-6-24/h1-4,9H,5-8H2,(H,20,23). The first kappa shape index (κ1) is 17.0. The molecule has 0 amide bonds. The zero-order valence-electron chi connectivity index (χ0n) is 13.5. The molecule has 0 saturated carbocycles. The Labute approximate surface area is 150 Å². The normalized spacial score (nSPS) is 15.4. The van der Waals surface area contributed by atoms with Gasteiger partial charge in [-0.15, -0.1) is 10.2 Å². The second-order valence-corrected chi connectivity index (χ2v) is 6.71. The first-order chi connectivity index (χ1) is 12.5. The topological polar surface area (TPSA) is 63.2 Å². The molecule has 6 nitrogen and oxygen atoms in total. The number of nitrogens with one attached hydrogen (secondary N) is 1. The Balaban J connectivity index is 1.53. The summed E-state index contributed by atoms with van der Waals surface area (Å²) in [6.45, 7) is 3.00. The van der Waals surface area contributed by atoms with Crippen molar-refractivity contribution in [3.05, 3.63) is 36.0 Å². The van der Waals surface area contributed by atoms with E-state index in [4.69, 9.17) is 4.74 Å². The van der Waals surface area contributed by atoms with Gasteiger partial charge < -0.3 is 15.0 Å². The van der Waals surface area contributed by atoms with Crippen molar-refractivity contribution in [3.8, 4) is 0 Å². The molecule has 1 fully saturated rings. The number of morpholine rings is 1. The van der Waals surface area contributed by atoms with E-state index in [0.29, 0.717) is 18.9 Å². The van der Waals surface area contributed by atoms with Crippen molar-refractivity contribution >= 4 is 38.2 Å². The Morgan fingerprint density at radius 1 is 1.08 bits per heavy atom. The molecule has 0 bridgehead atoms. The summed E-state index contributed by atoms with van der Waals surface area (Å²) in [5.41, 5.74) is 0.570. The Hall–Kier alpha value is -2.46. The highest BCUT2D eigenvalue weighted by atomic mass is 32.1. The van der Waals surface area contributed by atoms with Crippen molar-refractivity contribution < 1.29 is 17.9 Å². The van der Waals surface area contributed by atoms with Gasteiger partial charge >= 0.3 is 6.18 Å². The van der Waals surface area contributed by atoms with Gasteiger partial charge in [0.1, 0.15) is 0 Å². The van der Waals surface area contributed by atoms with E-state index in [0.717, 1.165) is 34.5 Å². The van der Waals surface area contributed by atoms with E-state index in [2.05, 4.69) is 25.4 Å². The lowest BCUT2D eigenvalue weighted by Crippen LogP contribution is -2.36. The number of hydrogen-bond acceptors (Lipinski definition) is 7. The van der Waals surface area contributed by atoms with Crippen LogP contribution in [-0.2, 0) is 10.9 Å². The molecule has 1 aliphatic heterocycles. The third kappa shape index (κ3) is 3.56. The van der Waals surface area contributed by atoms with E-state index in [1.54, 1.807) is 11.3 Å². The number of nitrogens with zero attached hydrogens (tertiary/aromatic N) is 4. The Bertz CT molecular complexity index is 906. The Morgan fingerprint density at radius 2 is 1.88 bits per heavy atom. The lowest BCUT2D eigenvalue weighted by atomic mass is 10.3. The van der Waals surface area contributed by atoms with Crippen molar-refractivity contribution in [1.29, 1.82) is 0 Å². The van der Waals surface area contributed by atoms with Gasteiger partial charge in [0, 0.05) is 18.8 Å². The molecule has 0 unspecified atom stereocenters. The monoisotopic (exact) mass is 381 g/mol. The fourth-order valence-electron chi connectivity index (χ4n) is 2.58. The molecule has 4 rings (SSSR count). The minimum atomic E-state index is -4.50. The third-order valence-corrected chi connectivity index (χ3v) is 4.97. The fraction of sp³-hybridized carbons (Fsp3) is 0.312. The summed E-state index contributed by atoms with van der Waals surface area (Å²) in [5.74, 6) is 0.246. The molecule has 3 heterocycles. The maximum absolute atomic E-state index is 12.5. The van der Waals surface area contributed by atoms with Crippen molar-refractivity contribution in [1.82, 2.24) is 15.2 Å². The van der Waals surface area contributed by atoms with Gasteiger partial charge in [0.05, 0.1) is 23.4 Å². The van der Waals surface area contributed by atoms with E-state index >= 15 is 0 Å². The predicted molar refractivity (Wildman–Crippen MR) is 93.0 cm³/mol. The quantitative estimate of drug-likeness (QED) is 0.747. The third-order valence-electron chi connectivity index (χ3n) is 3.89. The summed E-state index contributed by atoms with van der Waals surface area (Å²) in [6, 6.07) is 7.74. The zero-order chi connectivity index (χ0) is 18.1. The molecule has 0 aliphatic carbocycles. The van der Waals surface area contributed by atoms with Crippen LogP contribution >= 0.6 is 11.3 Å². The number of halogens is 3. The average Bonchev–Trinajstić information content (AvgIpc) is 3.05. The number of alkyl halides is 3. The molecule has 0 atom stereocenters. The second-order valence-electron chi connectivity index (χ2n) is 5.70. The Kier molecular flexibility index (Phi) is 4.37. The molecule has 26 heavy (non-hydrogen) atoms. The molecule has 136 valence electrons. The highest BCUT2D eigenvalue weighted by molar-refractivity contribution is 7.22. The first-order valence-corrected chi connectivity index (χ1v) is 8.72. The number of rotatable bonds is 3. The second kappa shape index (κ2) is 6.69. The minimum Gasteiger partial charge on any atom is -0.378 e. The first-order valence-electron chi connectivity index (χ1n) is 7.90. The molecule has 3 aromatic rings. The van der Waals surface area contributed by atoms with E-state index in [9.17, 15) is 13.2 Å². The number of aromatic nitrogens is 3. The number of fused-ring (bicyclic) bond motifs is 1. The molecular weight excluding hydrogens is 367 g/mol. The minimum absolute atomic E-state index is 0.246. The van der Waals surface area contributed by atoms with Crippen molar-refractivity contribution in [3.63, 3.8) is 0 Å². The van der Waals surface area contributed by atoms with Crippen LogP contribution in [-0.4, -0.2) is 41.5 Å². The summed E-state index contributed by atoms with van der Waals surface area (Å²) in [5, 5.41) is 10.7. The van der Waals surface area contributed by atoms with Crippen LogP contribution in [0.5, 0.6) is 0 Å². The van der Waals surface area contributed by atoms with E-state index in [1.807, 2.05) is 18.2 Å². The number of anilines is 3. The van der Waals surface area contributed by atoms with Crippen LogP contribution in [0.3, 0.4) is 0 Å². The van der Waals surface area contributed by atoms with Crippen LogP contribution in [0.2, 0.25) is 0 Å². The number of thiazole rings is 1. The highest BCUT2D eigenvalue weighted by Crippen LogP contribution is 2.32. The van der Waals surface area contributed by atoms with Crippen LogP contribution in [0.1, 0.15) is 5.69 Å². The van der Waals surface area contributed by atoms with E-state index in [-0.39, 0.29) is 5.82 Å². The van der Waals surface area contributed by atoms with E-state index < -0.39 is 11.9 Å². The summed E-state index contributed by atoms with van der Waals surface area (Å²) >= 11 is 1.57. The maximum Gasteiger partial charge on any atom is 0.435 e. The molecule has 0 spiro atoms. The van der Waals surface area contributed by atoms with Gasteiger partial charge in [-0.2, -0.15) is 13.2 Å². The lowest BCUT2D eigenvalue weighted by molar-refractivity contribution is -0.141. The van der Waals surface area contributed by atoms with Crippen LogP contribution in [0, 0.1) is 0 Å². The Morgan fingerprint density at radius 3 is 2.58 bits per heavy atom. The summed E-state index contributed by atoms with van der Waals surface area (Å²) < 4.78 is 43.9. The lowest BCUT2D eigenvalue weighted by Gasteiger charge is -2.25. The number of hydrogen-bond donors (Lipinski definition) is 1. The zero-order valence-corrected chi connectivity index (χ0v) is 14.3. The van der Waals surface area contributed by atoms with Gasteiger partial charge in [0.25, 0.3) is 0 Å². The van der Waals surface area contributed by atoms with Gasteiger partial charge in [0.2, 0.25) is 0 Å². The summed E-state index contributed by atoms with van der Waals surface area (Å²) in [7, 11) is 0. The van der Waals surface area contributed by atoms with Crippen LogP contribution in [0.15, 0.2) is 30.3 Å². The largest absolute Gasteiger partial charge is 0.435 e. The molecule has 1 N–H and O–H groups in total. The molecule has 10 heteroatoms. The SMILES string of the molecule is FC(F)(F)c1ccc(Nc2ccc3nc(N4CCOCC4)sc3c2)nn1. The van der Waals surface area contributed by atoms with Gasteiger partial charge in [-0.05, 0) is 30.3 Å². The van der Waals surface area contributed by atoms with Crippen LogP contribution in [0.4, 0.5) is 29.8 Å². The summed E-state index contributed by atoms with van der Waals surface area (Å²) in [4.78, 5) is 6.81. The van der Waals surface area contributed by atoms with Gasteiger partial charge in [-0.1, -0.05) is 11.3 Å². The van der Waals surface area contributed by atoms with Crippen LogP contribution < -0.4 is 10.2 Å². The molecule has 2 aromatic heterocycles. The molecular formula is C16H14F3N5OS. The average molecular weight is 381 g/mol. The highest BCUT2D eigenvalue weighted by Gasteiger charge is 2.32. The van der Waals surface area contributed by atoms with Gasteiger partial charge in [-0.25, -0.2) is 4.98 Å².